The summed E-state index contributed by atoms with van der Waals surface area (Å²) >= 11 is 1.90. The van der Waals surface area contributed by atoms with Gasteiger partial charge in [-0.05, 0) is 6.42 Å². The Morgan fingerprint density at radius 3 is 3.12 bits per heavy atom. The van der Waals surface area contributed by atoms with Crippen LogP contribution in [0.1, 0.15) is 6.42 Å². The number of aliphatic hydroxyl groups is 1. The van der Waals surface area contributed by atoms with Crippen LogP contribution in [0.2, 0.25) is 0 Å². The topological polar surface area (TPSA) is 32.3 Å². The third kappa shape index (κ3) is 1.65. The molecule has 0 aromatic heterocycles. The summed E-state index contributed by atoms with van der Waals surface area (Å²) in [4.78, 5) is 0. The van der Waals surface area contributed by atoms with Gasteiger partial charge >= 0.3 is 0 Å². The smallest absolute Gasteiger partial charge is 0.0554 e. The number of thioether (sulfide) groups is 1. The van der Waals surface area contributed by atoms with Gasteiger partial charge in [0.05, 0.1) is 5.37 Å². The van der Waals surface area contributed by atoms with E-state index < -0.39 is 0 Å². The molecule has 0 aromatic rings. The fourth-order valence-electron chi connectivity index (χ4n) is 0.783. The van der Waals surface area contributed by atoms with E-state index in [0.29, 0.717) is 12.0 Å². The maximum absolute atomic E-state index is 8.47. The van der Waals surface area contributed by atoms with E-state index >= 15 is 0 Å². The zero-order valence-corrected chi connectivity index (χ0v) is 5.58. The fourth-order valence-corrected chi connectivity index (χ4v) is 1.81. The van der Waals surface area contributed by atoms with Crippen LogP contribution in [0.3, 0.4) is 0 Å². The molecule has 0 radical (unpaired) electrons. The van der Waals surface area contributed by atoms with Crippen LogP contribution < -0.4 is 5.32 Å². The summed E-state index contributed by atoms with van der Waals surface area (Å²) in [5, 5.41) is 12.3. The lowest BCUT2D eigenvalue weighted by atomic mass is 10.4. The van der Waals surface area contributed by atoms with Crippen molar-refractivity contribution in [3.8, 4) is 0 Å². The highest BCUT2D eigenvalue weighted by atomic mass is 32.2. The molecule has 2 N–H and O–H groups in total. The van der Waals surface area contributed by atoms with Crippen LogP contribution >= 0.6 is 11.8 Å². The second-order valence-corrected chi connectivity index (χ2v) is 3.14. The van der Waals surface area contributed by atoms with Gasteiger partial charge in [-0.2, -0.15) is 0 Å². The number of rotatable bonds is 2. The third-order valence-corrected chi connectivity index (χ3v) is 2.43. The van der Waals surface area contributed by atoms with Crippen molar-refractivity contribution < 1.29 is 5.11 Å². The largest absolute Gasteiger partial charge is 0.396 e. The molecule has 0 bridgehead atoms. The maximum atomic E-state index is 8.47. The van der Waals surface area contributed by atoms with Gasteiger partial charge in [0.25, 0.3) is 0 Å². The summed E-state index contributed by atoms with van der Waals surface area (Å²) in [5.41, 5.74) is 0. The highest BCUT2D eigenvalue weighted by molar-refractivity contribution is 8.00. The predicted octanol–water partition coefficient (Wildman–Crippen LogP) is 0.0313. The van der Waals surface area contributed by atoms with Gasteiger partial charge in [0.1, 0.15) is 0 Å². The molecule has 0 spiro atoms. The van der Waals surface area contributed by atoms with Gasteiger partial charge in [-0.25, -0.2) is 0 Å². The second kappa shape index (κ2) is 3.33. The Labute approximate surface area is 53.7 Å². The first-order chi connectivity index (χ1) is 3.93. The van der Waals surface area contributed by atoms with Crippen molar-refractivity contribution >= 4 is 11.8 Å². The van der Waals surface area contributed by atoms with E-state index in [0.717, 1.165) is 13.0 Å². The minimum Gasteiger partial charge on any atom is -0.396 e. The highest BCUT2D eigenvalue weighted by Gasteiger charge is 2.12. The Hall–Kier alpha value is 0.270. The summed E-state index contributed by atoms with van der Waals surface area (Å²) in [6.45, 7) is 1.42. The van der Waals surface area contributed by atoms with E-state index in [-0.39, 0.29) is 0 Å². The van der Waals surface area contributed by atoms with Crippen molar-refractivity contribution in [1.29, 1.82) is 0 Å². The molecule has 1 atom stereocenters. The van der Waals surface area contributed by atoms with E-state index in [9.17, 15) is 0 Å². The Morgan fingerprint density at radius 1 is 1.75 bits per heavy atom. The van der Waals surface area contributed by atoms with Crippen molar-refractivity contribution in [3.63, 3.8) is 0 Å². The van der Waals surface area contributed by atoms with Crippen molar-refractivity contribution in [1.82, 2.24) is 5.32 Å². The minimum atomic E-state index is 0.310. The summed E-state index contributed by atoms with van der Waals surface area (Å²) in [7, 11) is 0. The minimum absolute atomic E-state index is 0.310. The summed E-state index contributed by atoms with van der Waals surface area (Å²) in [5.74, 6) is 1.20. The van der Waals surface area contributed by atoms with E-state index in [2.05, 4.69) is 5.32 Å². The van der Waals surface area contributed by atoms with Crippen molar-refractivity contribution in [2.75, 3.05) is 18.9 Å². The average molecular weight is 133 g/mol. The molecule has 3 heteroatoms. The summed E-state index contributed by atoms with van der Waals surface area (Å²) in [6, 6.07) is 0. The van der Waals surface area contributed by atoms with Crippen LogP contribution in [0.4, 0.5) is 0 Å². The fraction of sp³-hybridized carbons (Fsp3) is 1.00. The van der Waals surface area contributed by atoms with Crippen LogP contribution in [0.15, 0.2) is 0 Å². The molecule has 0 aromatic carbocycles. The van der Waals surface area contributed by atoms with E-state index in [1.807, 2.05) is 11.8 Å². The van der Waals surface area contributed by atoms with Gasteiger partial charge in [-0.3, -0.25) is 0 Å². The Morgan fingerprint density at radius 2 is 2.62 bits per heavy atom. The lowest BCUT2D eigenvalue weighted by Gasteiger charge is -2.04. The SMILES string of the molecule is OCCC1NCCS1. The second-order valence-electron chi connectivity index (χ2n) is 1.83. The van der Waals surface area contributed by atoms with Gasteiger partial charge in [-0.1, -0.05) is 0 Å². The molecule has 0 saturated carbocycles. The van der Waals surface area contributed by atoms with Gasteiger partial charge in [0.15, 0.2) is 0 Å². The molecule has 1 saturated heterocycles. The van der Waals surface area contributed by atoms with Crippen LogP contribution in [0.25, 0.3) is 0 Å². The number of hydrogen-bond donors (Lipinski definition) is 2. The molecule has 1 aliphatic heterocycles. The normalized spacial score (nSPS) is 28.9. The highest BCUT2D eigenvalue weighted by Crippen LogP contribution is 2.15. The number of nitrogens with one attached hydrogen (secondary N) is 1. The zero-order chi connectivity index (χ0) is 5.82. The first-order valence-electron chi connectivity index (χ1n) is 2.89. The molecule has 1 unspecified atom stereocenters. The number of hydrogen-bond acceptors (Lipinski definition) is 3. The Kier molecular flexibility index (Phi) is 2.66. The standard InChI is InChI=1S/C5H11NOS/c7-3-1-5-6-2-4-8-5/h5-7H,1-4H2. The van der Waals surface area contributed by atoms with Crippen molar-refractivity contribution in [2.45, 2.75) is 11.8 Å². The molecule has 48 valence electrons. The van der Waals surface area contributed by atoms with Crippen LogP contribution in [-0.4, -0.2) is 29.4 Å². The summed E-state index contributed by atoms with van der Waals surface area (Å²) in [6.07, 6.45) is 0.894. The quantitative estimate of drug-likeness (QED) is 0.557. The van der Waals surface area contributed by atoms with Crippen LogP contribution in [0, 0.1) is 0 Å². The van der Waals surface area contributed by atoms with E-state index in [1.165, 1.54) is 5.75 Å². The summed E-state index contributed by atoms with van der Waals surface area (Å²) < 4.78 is 0. The molecule has 1 aliphatic rings. The molecular formula is C5H11NOS. The van der Waals surface area contributed by atoms with Gasteiger partial charge in [-0.15, -0.1) is 11.8 Å². The van der Waals surface area contributed by atoms with Crippen LogP contribution in [0.5, 0.6) is 0 Å². The molecule has 2 nitrogen and oxygen atoms in total. The molecule has 1 fully saturated rings. The zero-order valence-electron chi connectivity index (χ0n) is 4.76. The van der Waals surface area contributed by atoms with Crippen LogP contribution in [-0.2, 0) is 0 Å². The Balaban J connectivity index is 2.06. The molecule has 8 heavy (non-hydrogen) atoms. The predicted molar refractivity (Wildman–Crippen MR) is 36.0 cm³/mol. The van der Waals surface area contributed by atoms with Gasteiger partial charge < -0.3 is 10.4 Å². The monoisotopic (exact) mass is 133 g/mol. The molecule has 1 heterocycles. The lowest BCUT2D eigenvalue weighted by molar-refractivity contribution is 0.283. The third-order valence-electron chi connectivity index (χ3n) is 1.18. The van der Waals surface area contributed by atoms with E-state index in [1.54, 1.807) is 0 Å². The van der Waals surface area contributed by atoms with Crippen molar-refractivity contribution in [2.24, 2.45) is 0 Å². The first-order valence-corrected chi connectivity index (χ1v) is 3.94. The molecule has 0 aliphatic carbocycles. The first kappa shape index (κ1) is 6.39. The van der Waals surface area contributed by atoms with Gasteiger partial charge in [0, 0.05) is 18.9 Å². The average Bonchev–Trinajstić information content (AvgIpc) is 2.19. The maximum Gasteiger partial charge on any atom is 0.0554 e. The molecule has 1 rings (SSSR count). The lowest BCUT2D eigenvalue weighted by Crippen LogP contribution is -2.20. The Bertz CT molecular complexity index is 63.4. The van der Waals surface area contributed by atoms with Gasteiger partial charge in [0.2, 0.25) is 0 Å². The number of aliphatic hydroxyl groups excluding tert-OH is 1. The molecular weight excluding hydrogens is 122 g/mol. The van der Waals surface area contributed by atoms with E-state index in [4.69, 9.17) is 5.11 Å². The van der Waals surface area contributed by atoms with Crippen molar-refractivity contribution in [3.05, 3.63) is 0 Å². The molecule has 0 amide bonds.